The van der Waals surface area contributed by atoms with Gasteiger partial charge in [0.2, 0.25) is 0 Å². The van der Waals surface area contributed by atoms with Gasteiger partial charge in [0, 0.05) is 13.3 Å². The number of hydrogen-bond acceptors (Lipinski definition) is 3. The second-order valence-electron chi connectivity index (χ2n) is 2.82. The molecule has 14 heavy (non-hydrogen) atoms. The first-order valence-electron chi connectivity index (χ1n) is 4.16. The summed E-state index contributed by atoms with van der Waals surface area (Å²) in [4.78, 5) is 4.16. The molecule has 1 aromatic heterocycles. The van der Waals surface area contributed by atoms with E-state index >= 15 is 0 Å². The fourth-order valence-electron chi connectivity index (χ4n) is 1.15. The van der Waals surface area contributed by atoms with Crippen molar-refractivity contribution in [3.8, 4) is 0 Å². The quantitative estimate of drug-likeness (QED) is 0.869. The highest BCUT2D eigenvalue weighted by Crippen LogP contribution is 2.23. The SMILES string of the molecule is CNC(COC)c1ncc(Cl)cc1Cl. The molecule has 0 saturated heterocycles. The predicted molar refractivity (Wildman–Crippen MR) is 57.9 cm³/mol. The van der Waals surface area contributed by atoms with Crippen molar-refractivity contribution in [1.29, 1.82) is 0 Å². The van der Waals surface area contributed by atoms with Gasteiger partial charge in [-0.15, -0.1) is 0 Å². The number of methoxy groups -OCH3 is 1. The highest BCUT2D eigenvalue weighted by Gasteiger charge is 2.14. The molecule has 0 spiro atoms. The van der Waals surface area contributed by atoms with Gasteiger partial charge in [-0.3, -0.25) is 4.98 Å². The summed E-state index contributed by atoms with van der Waals surface area (Å²) in [5.41, 5.74) is 0.750. The predicted octanol–water partition coefficient (Wildman–Crippen LogP) is 2.30. The first-order valence-corrected chi connectivity index (χ1v) is 4.91. The van der Waals surface area contributed by atoms with Gasteiger partial charge in [-0.1, -0.05) is 23.2 Å². The van der Waals surface area contributed by atoms with Crippen LogP contribution in [0.1, 0.15) is 11.7 Å². The van der Waals surface area contributed by atoms with E-state index in [1.807, 2.05) is 7.05 Å². The Bertz CT molecular complexity index is 307. The summed E-state index contributed by atoms with van der Waals surface area (Å²) < 4.78 is 5.04. The number of likely N-dealkylation sites (N-methyl/N-ethyl adjacent to an activating group) is 1. The maximum absolute atomic E-state index is 6.00. The van der Waals surface area contributed by atoms with Gasteiger partial charge in [-0.05, 0) is 13.1 Å². The summed E-state index contributed by atoms with van der Waals surface area (Å²) in [6.45, 7) is 0.519. The Morgan fingerprint density at radius 3 is 2.79 bits per heavy atom. The van der Waals surface area contributed by atoms with Crippen LogP contribution in [0.5, 0.6) is 0 Å². The summed E-state index contributed by atoms with van der Waals surface area (Å²) in [5.74, 6) is 0. The molecule has 1 heterocycles. The number of nitrogens with one attached hydrogen (secondary N) is 1. The van der Waals surface area contributed by atoms with Crippen molar-refractivity contribution < 1.29 is 4.74 Å². The van der Waals surface area contributed by atoms with Gasteiger partial charge < -0.3 is 10.1 Å². The summed E-state index contributed by atoms with van der Waals surface area (Å²) >= 11 is 11.7. The van der Waals surface area contributed by atoms with E-state index in [1.165, 1.54) is 0 Å². The van der Waals surface area contributed by atoms with Gasteiger partial charge in [0.05, 0.1) is 28.4 Å². The van der Waals surface area contributed by atoms with Crippen molar-refractivity contribution in [3.63, 3.8) is 0 Å². The van der Waals surface area contributed by atoms with Crippen molar-refractivity contribution in [2.45, 2.75) is 6.04 Å². The van der Waals surface area contributed by atoms with Crippen molar-refractivity contribution in [2.24, 2.45) is 0 Å². The molecule has 1 N–H and O–H groups in total. The second-order valence-corrected chi connectivity index (χ2v) is 3.66. The molecule has 1 aromatic rings. The Kier molecular flexibility index (Phi) is 4.62. The second kappa shape index (κ2) is 5.51. The molecular formula is C9H12Cl2N2O. The van der Waals surface area contributed by atoms with Crippen LogP contribution in [0.25, 0.3) is 0 Å². The number of aromatic nitrogens is 1. The molecule has 0 aliphatic rings. The lowest BCUT2D eigenvalue weighted by molar-refractivity contribution is 0.169. The van der Waals surface area contributed by atoms with Crippen LogP contribution in [-0.2, 0) is 4.74 Å². The number of rotatable bonds is 4. The highest BCUT2D eigenvalue weighted by molar-refractivity contribution is 6.34. The zero-order valence-electron chi connectivity index (χ0n) is 8.05. The van der Waals surface area contributed by atoms with Gasteiger partial charge in [0.1, 0.15) is 0 Å². The van der Waals surface area contributed by atoms with Crippen molar-refractivity contribution in [1.82, 2.24) is 10.3 Å². The molecule has 3 nitrogen and oxygen atoms in total. The van der Waals surface area contributed by atoms with Gasteiger partial charge >= 0.3 is 0 Å². The van der Waals surface area contributed by atoms with E-state index in [4.69, 9.17) is 27.9 Å². The summed E-state index contributed by atoms with van der Waals surface area (Å²) in [5, 5.41) is 4.15. The third-order valence-corrected chi connectivity index (χ3v) is 2.36. The molecule has 0 fully saturated rings. The molecule has 1 atom stereocenters. The molecule has 0 aliphatic carbocycles. The van der Waals surface area contributed by atoms with E-state index in [0.29, 0.717) is 16.7 Å². The minimum absolute atomic E-state index is 0.00948. The van der Waals surface area contributed by atoms with Crippen LogP contribution in [0.3, 0.4) is 0 Å². The van der Waals surface area contributed by atoms with Crippen molar-refractivity contribution in [2.75, 3.05) is 20.8 Å². The van der Waals surface area contributed by atoms with Crippen LogP contribution < -0.4 is 5.32 Å². The molecule has 0 amide bonds. The van der Waals surface area contributed by atoms with E-state index in [1.54, 1.807) is 19.4 Å². The Labute approximate surface area is 93.4 Å². The minimum atomic E-state index is -0.00948. The van der Waals surface area contributed by atoms with Crippen LogP contribution in [0.4, 0.5) is 0 Å². The zero-order valence-corrected chi connectivity index (χ0v) is 9.56. The molecule has 0 aromatic carbocycles. The number of halogens is 2. The standard InChI is InChI=1S/C9H12Cl2N2O/c1-12-8(5-14-2)9-7(11)3-6(10)4-13-9/h3-4,8,12H,5H2,1-2H3. The van der Waals surface area contributed by atoms with Gasteiger partial charge in [0.25, 0.3) is 0 Å². The molecular weight excluding hydrogens is 223 g/mol. The lowest BCUT2D eigenvalue weighted by Gasteiger charge is -2.15. The first-order chi connectivity index (χ1) is 6.69. The van der Waals surface area contributed by atoms with E-state index in [0.717, 1.165) is 5.69 Å². The van der Waals surface area contributed by atoms with Crippen molar-refractivity contribution >= 4 is 23.2 Å². The normalized spacial score (nSPS) is 12.9. The van der Waals surface area contributed by atoms with E-state index in [2.05, 4.69) is 10.3 Å². The maximum atomic E-state index is 6.00. The van der Waals surface area contributed by atoms with Gasteiger partial charge in [-0.2, -0.15) is 0 Å². The number of pyridine rings is 1. The Balaban J connectivity index is 2.92. The fraction of sp³-hybridized carbons (Fsp3) is 0.444. The summed E-state index contributed by atoms with van der Waals surface area (Å²) in [7, 11) is 3.46. The topological polar surface area (TPSA) is 34.1 Å². The Hall–Kier alpha value is -0.350. The zero-order chi connectivity index (χ0) is 10.6. The molecule has 0 aliphatic heterocycles. The van der Waals surface area contributed by atoms with E-state index < -0.39 is 0 Å². The summed E-state index contributed by atoms with van der Waals surface area (Å²) in [6.07, 6.45) is 1.57. The van der Waals surface area contributed by atoms with Crippen LogP contribution in [-0.4, -0.2) is 25.7 Å². The van der Waals surface area contributed by atoms with E-state index in [9.17, 15) is 0 Å². The van der Waals surface area contributed by atoms with Crippen molar-refractivity contribution in [3.05, 3.63) is 28.0 Å². The molecule has 0 bridgehead atoms. The van der Waals surface area contributed by atoms with E-state index in [-0.39, 0.29) is 6.04 Å². The minimum Gasteiger partial charge on any atom is -0.383 e. The number of hydrogen-bond donors (Lipinski definition) is 1. The monoisotopic (exact) mass is 234 g/mol. The molecule has 0 saturated carbocycles. The lowest BCUT2D eigenvalue weighted by Crippen LogP contribution is -2.22. The average molecular weight is 235 g/mol. The first kappa shape index (κ1) is 11.7. The molecule has 78 valence electrons. The Morgan fingerprint density at radius 1 is 1.57 bits per heavy atom. The van der Waals surface area contributed by atoms with Crippen LogP contribution in [0.15, 0.2) is 12.3 Å². The fourth-order valence-corrected chi connectivity index (χ4v) is 1.66. The molecule has 5 heteroatoms. The third-order valence-electron chi connectivity index (χ3n) is 1.85. The largest absolute Gasteiger partial charge is 0.383 e. The highest BCUT2D eigenvalue weighted by atomic mass is 35.5. The maximum Gasteiger partial charge on any atom is 0.0783 e. The Morgan fingerprint density at radius 2 is 2.29 bits per heavy atom. The molecule has 0 radical (unpaired) electrons. The van der Waals surface area contributed by atoms with Crippen LogP contribution >= 0.6 is 23.2 Å². The number of ether oxygens (including phenoxy) is 1. The van der Waals surface area contributed by atoms with Crippen LogP contribution in [0, 0.1) is 0 Å². The average Bonchev–Trinajstić information content (AvgIpc) is 2.15. The van der Waals surface area contributed by atoms with Crippen LogP contribution in [0.2, 0.25) is 10.0 Å². The molecule has 1 rings (SSSR count). The van der Waals surface area contributed by atoms with Gasteiger partial charge in [0.15, 0.2) is 0 Å². The smallest absolute Gasteiger partial charge is 0.0783 e. The summed E-state index contributed by atoms with van der Waals surface area (Å²) in [6, 6.07) is 1.66. The number of nitrogens with zero attached hydrogens (tertiary/aromatic N) is 1. The lowest BCUT2D eigenvalue weighted by atomic mass is 10.2. The third kappa shape index (κ3) is 2.82. The van der Waals surface area contributed by atoms with Gasteiger partial charge in [-0.25, -0.2) is 0 Å². The molecule has 1 unspecified atom stereocenters.